The first-order valence-electron chi connectivity index (χ1n) is 36.7. The van der Waals surface area contributed by atoms with Crippen molar-refractivity contribution in [3.63, 3.8) is 0 Å². The Morgan fingerprint density at radius 2 is 0.648 bits per heavy atom. The summed E-state index contributed by atoms with van der Waals surface area (Å²) in [6, 6.07) is 0. The number of aliphatic hydroxyl groups excluding tert-OH is 1. The topological polar surface area (TPSA) is 237 Å². The lowest BCUT2D eigenvalue weighted by Gasteiger charge is -2.21. The van der Waals surface area contributed by atoms with E-state index in [1.54, 1.807) is 0 Å². The zero-order valence-corrected chi connectivity index (χ0v) is 60.6. The molecule has 0 aliphatic rings. The van der Waals surface area contributed by atoms with Crippen LogP contribution in [-0.2, 0) is 65.4 Å². The van der Waals surface area contributed by atoms with Crippen LogP contribution < -0.4 is 0 Å². The maximum absolute atomic E-state index is 13.0. The minimum atomic E-state index is -4.96. The summed E-state index contributed by atoms with van der Waals surface area (Å²) in [5.74, 6) is 0.0409. The first kappa shape index (κ1) is 88.5. The fraction of sp³-hybridized carbons (Fsp3) is 0.889. The molecule has 0 saturated heterocycles. The van der Waals surface area contributed by atoms with Gasteiger partial charge in [0.2, 0.25) is 0 Å². The van der Waals surface area contributed by atoms with Gasteiger partial charge in [0, 0.05) is 25.7 Å². The number of unbranched alkanes of at least 4 members (excludes halogenated alkanes) is 32. The largest absolute Gasteiger partial charge is 0.472 e. The normalized spacial score (nSPS) is 14.6. The lowest BCUT2D eigenvalue weighted by molar-refractivity contribution is -0.161. The van der Waals surface area contributed by atoms with Crippen molar-refractivity contribution in [2.24, 2.45) is 17.8 Å². The van der Waals surface area contributed by atoms with Gasteiger partial charge in [0.05, 0.1) is 26.4 Å². The average Bonchev–Trinajstić information content (AvgIpc) is 3.65. The van der Waals surface area contributed by atoms with E-state index in [0.29, 0.717) is 31.6 Å². The molecule has 3 N–H and O–H groups in total. The number of phosphoric ester groups is 2. The molecular formula is C72H136O17P2. The van der Waals surface area contributed by atoms with Crippen molar-refractivity contribution >= 4 is 39.5 Å². The van der Waals surface area contributed by atoms with Crippen LogP contribution in [0.1, 0.15) is 337 Å². The molecule has 91 heavy (non-hydrogen) atoms. The number of aliphatic hydroxyl groups is 1. The quantitative estimate of drug-likeness (QED) is 0.0169. The van der Waals surface area contributed by atoms with E-state index in [1.807, 2.05) is 0 Å². The molecule has 0 aromatic rings. The first-order valence-corrected chi connectivity index (χ1v) is 39.7. The van der Waals surface area contributed by atoms with Gasteiger partial charge in [-0.2, -0.15) is 0 Å². The van der Waals surface area contributed by atoms with Crippen LogP contribution in [0.5, 0.6) is 0 Å². The van der Waals surface area contributed by atoms with Crippen molar-refractivity contribution in [1.82, 2.24) is 0 Å². The number of ether oxygens (including phenoxy) is 4. The number of esters is 4. The standard InChI is InChI=1S/C72H136O17P2/c1-8-10-11-12-13-14-15-16-17-21-24-27-30-41-48-55-71(76)88-67(59-82-69(74)53-46-39-34-32-37-44-51-64(5)6)61-86-90(78,79)84-57-66(73)58-85-91(80,81)87-62-68(60-83-70(75)54-47-40-35-33-38-45-52-65(7)9-2)89-72(77)56-49-42-31-28-25-22-19-18-20-23-26-29-36-43-50-63(3)4/h14-17,63-68,73H,8-13,18-62H2,1-7H3,(H,78,79)(H,80,81)/b15-14-,17-16-/t65?,66-,67+,68+/m0/s1. The lowest BCUT2D eigenvalue weighted by Crippen LogP contribution is -2.30. The Balaban J connectivity index is 5.25. The SMILES string of the molecule is CCCCCC/C=C\C=C/CCCCCCCC(=O)O[C@H](COC(=O)CCCCCCCCC(C)C)COP(=O)(O)OC[C@H](O)COP(=O)(O)OC[C@@H](COC(=O)CCCCCCCCC(C)CC)OC(=O)CCCCCCCCCCCCCCCCC(C)C. The van der Waals surface area contributed by atoms with Gasteiger partial charge in [0.15, 0.2) is 12.2 Å². The summed E-state index contributed by atoms with van der Waals surface area (Å²) in [5.41, 5.74) is 0. The third-order valence-electron chi connectivity index (χ3n) is 16.4. The Morgan fingerprint density at radius 1 is 0.363 bits per heavy atom. The molecule has 0 aromatic heterocycles. The molecule has 0 amide bonds. The van der Waals surface area contributed by atoms with Crippen LogP contribution in [0.3, 0.4) is 0 Å². The molecular weight excluding hydrogens is 1200 g/mol. The molecule has 0 rings (SSSR count). The van der Waals surface area contributed by atoms with Crippen LogP contribution in [0.25, 0.3) is 0 Å². The summed E-state index contributed by atoms with van der Waals surface area (Å²) in [7, 11) is -9.92. The fourth-order valence-electron chi connectivity index (χ4n) is 10.3. The van der Waals surface area contributed by atoms with Crippen molar-refractivity contribution in [3.05, 3.63) is 24.3 Å². The van der Waals surface area contributed by atoms with Crippen molar-refractivity contribution in [2.45, 2.75) is 356 Å². The third-order valence-corrected chi connectivity index (χ3v) is 18.3. The molecule has 0 saturated carbocycles. The first-order chi connectivity index (χ1) is 43.8. The zero-order valence-electron chi connectivity index (χ0n) is 58.8. The summed E-state index contributed by atoms with van der Waals surface area (Å²) in [6.45, 7) is 11.7. The fourth-order valence-corrected chi connectivity index (χ4v) is 11.9. The highest BCUT2D eigenvalue weighted by Gasteiger charge is 2.30. The van der Waals surface area contributed by atoms with Gasteiger partial charge in [-0.15, -0.1) is 0 Å². The number of carbonyl (C=O) groups is 4. The van der Waals surface area contributed by atoms with Gasteiger partial charge < -0.3 is 33.8 Å². The molecule has 0 heterocycles. The molecule has 0 aromatic carbocycles. The van der Waals surface area contributed by atoms with E-state index in [1.165, 1.54) is 122 Å². The Bertz CT molecular complexity index is 1880. The summed E-state index contributed by atoms with van der Waals surface area (Å²) < 4.78 is 68.3. The summed E-state index contributed by atoms with van der Waals surface area (Å²) in [6.07, 6.45) is 49.6. The second-order valence-corrected chi connectivity index (χ2v) is 29.4. The number of hydrogen-bond acceptors (Lipinski definition) is 15. The predicted octanol–water partition coefficient (Wildman–Crippen LogP) is 20.2. The molecule has 3 unspecified atom stereocenters. The van der Waals surface area contributed by atoms with E-state index in [-0.39, 0.29) is 25.7 Å². The zero-order chi connectivity index (χ0) is 67.3. The van der Waals surface area contributed by atoms with Gasteiger partial charge >= 0.3 is 39.5 Å². The van der Waals surface area contributed by atoms with Crippen LogP contribution in [0.2, 0.25) is 0 Å². The average molecular weight is 1340 g/mol. The Labute approximate surface area is 554 Å². The molecule has 6 atom stereocenters. The summed E-state index contributed by atoms with van der Waals surface area (Å²) in [5, 5.41) is 10.6. The van der Waals surface area contributed by atoms with Gasteiger partial charge in [-0.25, -0.2) is 9.13 Å². The smallest absolute Gasteiger partial charge is 0.462 e. The highest BCUT2D eigenvalue weighted by Crippen LogP contribution is 2.45. The molecule has 19 heteroatoms. The van der Waals surface area contributed by atoms with E-state index in [9.17, 15) is 43.2 Å². The van der Waals surface area contributed by atoms with Crippen molar-refractivity contribution in [1.29, 1.82) is 0 Å². The predicted molar refractivity (Wildman–Crippen MR) is 367 cm³/mol. The molecule has 0 fully saturated rings. The Morgan fingerprint density at radius 3 is 0.978 bits per heavy atom. The molecule has 0 radical (unpaired) electrons. The Kier molecular flexibility index (Phi) is 60.7. The lowest BCUT2D eigenvalue weighted by atomic mass is 10.00. The van der Waals surface area contributed by atoms with Gasteiger partial charge in [-0.1, -0.05) is 285 Å². The maximum atomic E-state index is 13.0. The van der Waals surface area contributed by atoms with Gasteiger partial charge in [-0.05, 0) is 69.1 Å². The summed E-state index contributed by atoms with van der Waals surface area (Å²) >= 11 is 0. The minimum Gasteiger partial charge on any atom is -0.462 e. The van der Waals surface area contributed by atoms with E-state index in [2.05, 4.69) is 72.8 Å². The number of phosphoric acid groups is 2. The van der Waals surface area contributed by atoms with Gasteiger partial charge in [0.1, 0.15) is 19.3 Å². The van der Waals surface area contributed by atoms with E-state index < -0.39 is 97.5 Å². The maximum Gasteiger partial charge on any atom is 0.472 e. The van der Waals surface area contributed by atoms with Crippen LogP contribution in [0.15, 0.2) is 24.3 Å². The van der Waals surface area contributed by atoms with Crippen LogP contribution in [-0.4, -0.2) is 96.7 Å². The molecule has 0 spiro atoms. The van der Waals surface area contributed by atoms with Crippen LogP contribution in [0.4, 0.5) is 0 Å². The molecule has 0 aliphatic heterocycles. The second kappa shape index (κ2) is 62.4. The highest BCUT2D eigenvalue weighted by molar-refractivity contribution is 7.47. The van der Waals surface area contributed by atoms with E-state index in [0.717, 1.165) is 127 Å². The van der Waals surface area contributed by atoms with Gasteiger partial charge in [-0.3, -0.25) is 37.3 Å². The third kappa shape index (κ3) is 64.6. The molecule has 0 bridgehead atoms. The van der Waals surface area contributed by atoms with Gasteiger partial charge in [0.25, 0.3) is 0 Å². The monoisotopic (exact) mass is 1330 g/mol. The molecule has 17 nitrogen and oxygen atoms in total. The number of allylic oxidation sites excluding steroid dienone is 4. The Hall–Kier alpha value is -2.46. The van der Waals surface area contributed by atoms with E-state index in [4.69, 9.17) is 37.0 Å². The van der Waals surface area contributed by atoms with Crippen LogP contribution in [0, 0.1) is 17.8 Å². The highest BCUT2D eigenvalue weighted by atomic mass is 31.2. The molecule has 536 valence electrons. The second-order valence-electron chi connectivity index (χ2n) is 26.5. The summed E-state index contributed by atoms with van der Waals surface area (Å²) in [4.78, 5) is 72.5. The number of rotatable bonds is 68. The molecule has 0 aliphatic carbocycles. The number of carbonyl (C=O) groups excluding carboxylic acids is 4. The van der Waals surface area contributed by atoms with Crippen molar-refractivity contribution in [2.75, 3.05) is 39.6 Å². The van der Waals surface area contributed by atoms with Crippen molar-refractivity contribution in [3.8, 4) is 0 Å². The van der Waals surface area contributed by atoms with E-state index >= 15 is 0 Å². The van der Waals surface area contributed by atoms with Crippen molar-refractivity contribution < 1.29 is 80.2 Å². The number of hydrogen-bond donors (Lipinski definition) is 3. The van der Waals surface area contributed by atoms with Crippen LogP contribution >= 0.6 is 15.6 Å². The minimum absolute atomic E-state index is 0.0835.